The molecule has 0 fully saturated rings. The normalized spacial score (nSPS) is 12.0. The molecule has 0 saturated heterocycles. The molecule has 1 aromatic heterocycles. The van der Waals surface area contributed by atoms with E-state index >= 15 is 0 Å². The number of hydrogen-bond donors (Lipinski definition) is 3. The van der Waals surface area contributed by atoms with Gasteiger partial charge in [0.15, 0.2) is 5.75 Å². The minimum atomic E-state index is -3.56. The van der Waals surface area contributed by atoms with Gasteiger partial charge in [-0.15, -0.1) is 11.3 Å². The van der Waals surface area contributed by atoms with Crippen LogP contribution in [0, 0.1) is 0 Å². The second-order valence-electron chi connectivity index (χ2n) is 8.38. The Morgan fingerprint density at radius 1 is 1.09 bits per heavy atom. The first-order valence-electron chi connectivity index (χ1n) is 9.75. The molecule has 172 valence electrons. The van der Waals surface area contributed by atoms with Crippen molar-refractivity contribution in [1.29, 1.82) is 0 Å². The van der Waals surface area contributed by atoms with E-state index in [1.807, 2.05) is 26.8 Å². The van der Waals surface area contributed by atoms with Crippen molar-refractivity contribution in [3.05, 3.63) is 45.8 Å². The molecule has 3 rings (SSSR count). The molecule has 0 aliphatic heterocycles. The Morgan fingerprint density at radius 2 is 1.75 bits per heavy atom. The van der Waals surface area contributed by atoms with Crippen LogP contribution in [0.1, 0.15) is 36.0 Å². The van der Waals surface area contributed by atoms with E-state index in [1.54, 1.807) is 31.3 Å². The highest BCUT2D eigenvalue weighted by molar-refractivity contribution is 7.92. The lowest BCUT2D eigenvalue weighted by Crippen LogP contribution is -2.18. The zero-order chi connectivity index (χ0) is 23.8. The van der Waals surface area contributed by atoms with Gasteiger partial charge in [-0.3, -0.25) is 9.52 Å². The number of thiophene rings is 1. The monoisotopic (exact) mass is 495 g/mol. The lowest BCUT2D eigenvalue weighted by molar-refractivity contribution is 0.103. The van der Waals surface area contributed by atoms with Crippen LogP contribution in [0.2, 0.25) is 5.02 Å². The first-order chi connectivity index (χ1) is 14.8. The van der Waals surface area contributed by atoms with Crippen LogP contribution in [0.25, 0.3) is 10.1 Å². The molecule has 1 heterocycles. The van der Waals surface area contributed by atoms with Crippen LogP contribution >= 0.6 is 22.9 Å². The Hall–Kier alpha value is -2.49. The highest BCUT2D eigenvalue weighted by Crippen LogP contribution is 2.40. The standard InChI is InChI=1S/C22H26ClN3O4S2/c1-22(2,3)12-9-16(19(30-5)17(10-12)26-32(6,28)29)25-21(27)18-11-13-14(23)7-8-15(24-4)20(13)31-18/h7-11,24,26H,1-6H3,(H,25,27). The lowest BCUT2D eigenvalue weighted by atomic mass is 9.86. The fourth-order valence-corrected chi connectivity index (χ4v) is 5.15. The molecule has 0 aliphatic carbocycles. The third-order valence-corrected chi connectivity index (χ3v) is 6.91. The third kappa shape index (κ3) is 5.11. The van der Waals surface area contributed by atoms with Crippen LogP contribution in [0.5, 0.6) is 5.75 Å². The second kappa shape index (κ2) is 8.80. The van der Waals surface area contributed by atoms with E-state index in [1.165, 1.54) is 18.4 Å². The van der Waals surface area contributed by atoms with Gasteiger partial charge in [-0.25, -0.2) is 8.42 Å². The summed E-state index contributed by atoms with van der Waals surface area (Å²) in [6.07, 6.45) is 1.06. The molecule has 1 amide bonds. The Labute approximate surface area is 197 Å². The molecule has 0 spiro atoms. The van der Waals surface area contributed by atoms with E-state index in [-0.39, 0.29) is 22.8 Å². The van der Waals surface area contributed by atoms with Gasteiger partial charge < -0.3 is 15.4 Å². The number of hydrogen-bond acceptors (Lipinski definition) is 6. The average molecular weight is 496 g/mol. The van der Waals surface area contributed by atoms with Crippen LogP contribution in [0.4, 0.5) is 17.1 Å². The second-order valence-corrected chi connectivity index (χ2v) is 11.6. The van der Waals surface area contributed by atoms with Crippen LogP contribution in [0.15, 0.2) is 30.3 Å². The van der Waals surface area contributed by atoms with Crippen molar-refractivity contribution < 1.29 is 17.9 Å². The zero-order valence-electron chi connectivity index (χ0n) is 18.7. The molecule has 0 saturated carbocycles. The number of fused-ring (bicyclic) bond motifs is 1. The molecule has 0 radical (unpaired) electrons. The van der Waals surface area contributed by atoms with E-state index in [2.05, 4.69) is 15.4 Å². The first-order valence-corrected chi connectivity index (χ1v) is 12.8. The molecular weight excluding hydrogens is 470 g/mol. The summed E-state index contributed by atoms with van der Waals surface area (Å²) in [5.74, 6) is -0.120. The molecule has 7 nitrogen and oxygen atoms in total. The molecule has 0 unspecified atom stereocenters. The van der Waals surface area contributed by atoms with Crippen molar-refractivity contribution in [3.63, 3.8) is 0 Å². The number of benzene rings is 2. The molecule has 0 atom stereocenters. The van der Waals surface area contributed by atoms with Gasteiger partial charge in [0, 0.05) is 17.5 Å². The fraction of sp³-hybridized carbons (Fsp3) is 0.318. The Morgan fingerprint density at radius 3 is 2.31 bits per heavy atom. The Kier molecular flexibility index (Phi) is 6.65. The number of amides is 1. The fourth-order valence-electron chi connectivity index (χ4n) is 3.23. The maximum absolute atomic E-state index is 13.2. The summed E-state index contributed by atoms with van der Waals surface area (Å²) in [5.41, 5.74) is 2.03. The van der Waals surface area contributed by atoms with E-state index in [0.717, 1.165) is 27.6 Å². The summed E-state index contributed by atoms with van der Waals surface area (Å²) in [4.78, 5) is 13.6. The third-order valence-electron chi connectivity index (χ3n) is 4.83. The summed E-state index contributed by atoms with van der Waals surface area (Å²) in [7, 11) is -0.330. The number of carbonyl (C=O) groups excluding carboxylic acids is 1. The van der Waals surface area contributed by atoms with Crippen LogP contribution in [0.3, 0.4) is 0 Å². The quantitative estimate of drug-likeness (QED) is 0.418. The number of ether oxygens (including phenoxy) is 1. The number of anilines is 3. The van der Waals surface area contributed by atoms with Gasteiger partial charge in [-0.05, 0) is 41.3 Å². The largest absolute Gasteiger partial charge is 0.492 e. The number of sulfonamides is 1. The maximum atomic E-state index is 13.2. The molecule has 3 aromatic rings. The van der Waals surface area contributed by atoms with Gasteiger partial charge in [0.05, 0.1) is 40.0 Å². The SMILES string of the molecule is CNc1ccc(Cl)c2cc(C(=O)Nc3cc(C(C)(C)C)cc(NS(C)(=O)=O)c3OC)sc12. The maximum Gasteiger partial charge on any atom is 0.265 e. The molecule has 0 bridgehead atoms. The average Bonchev–Trinajstić information content (AvgIpc) is 3.13. The van der Waals surface area contributed by atoms with Crippen molar-refractivity contribution in [2.75, 3.05) is 35.8 Å². The molecule has 3 N–H and O–H groups in total. The van der Waals surface area contributed by atoms with Crippen molar-refractivity contribution in [1.82, 2.24) is 0 Å². The molecule has 0 aliphatic rings. The topological polar surface area (TPSA) is 96.5 Å². The van der Waals surface area contributed by atoms with Crippen LogP contribution in [-0.4, -0.2) is 34.7 Å². The summed E-state index contributed by atoms with van der Waals surface area (Å²) in [5, 5.41) is 7.33. The van der Waals surface area contributed by atoms with Gasteiger partial charge in [-0.1, -0.05) is 32.4 Å². The highest BCUT2D eigenvalue weighted by atomic mass is 35.5. The van der Waals surface area contributed by atoms with E-state index in [4.69, 9.17) is 16.3 Å². The van der Waals surface area contributed by atoms with E-state index < -0.39 is 10.0 Å². The van der Waals surface area contributed by atoms with Gasteiger partial charge in [0.25, 0.3) is 5.91 Å². The highest BCUT2D eigenvalue weighted by Gasteiger charge is 2.23. The van der Waals surface area contributed by atoms with Crippen LogP contribution in [-0.2, 0) is 15.4 Å². The lowest BCUT2D eigenvalue weighted by Gasteiger charge is -2.23. The van der Waals surface area contributed by atoms with Crippen molar-refractivity contribution in [2.24, 2.45) is 0 Å². The molecule has 2 aromatic carbocycles. The minimum Gasteiger partial charge on any atom is -0.492 e. The molecular formula is C22H26ClN3O4S2. The smallest absolute Gasteiger partial charge is 0.265 e. The Balaban J connectivity index is 2.09. The van der Waals surface area contributed by atoms with Crippen molar-refractivity contribution in [3.8, 4) is 5.75 Å². The summed E-state index contributed by atoms with van der Waals surface area (Å²) >= 11 is 7.64. The predicted molar refractivity (Wildman–Crippen MR) is 134 cm³/mol. The summed E-state index contributed by atoms with van der Waals surface area (Å²) < 4.78 is 32.6. The number of nitrogens with one attached hydrogen (secondary N) is 3. The number of halogens is 1. The van der Waals surface area contributed by atoms with Gasteiger partial charge >= 0.3 is 0 Å². The number of methoxy groups -OCH3 is 1. The van der Waals surface area contributed by atoms with Gasteiger partial charge in [-0.2, -0.15) is 0 Å². The number of rotatable bonds is 6. The first kappa shape index (κ1) is 24.2. The van der Waals surface area contributed by atoms with Crippen molar-refractivity contribution in [2.45, 2.75) is 26.2 Å². The number of carbonyl (C=O) groups is 1. The van der Waals surface area contributed by atoms with Crippen LogP contribution < -0.4 is 20.1 Å². The van der Waals surface area contributed by atoms with E-state index in [0.29, 0.717) is 15.6 Å². The Bertz CT molecular complexity index is 1290. The minimum absolute atomic E-state index is 0.229. The zero-order valence-corrected chi connectivity index (χ0v) is 21.1. The predicted octanol–water partition coefficient (Wildman–Crippen LogP) is 5.53. The summed E-state index contributed by atoms with van der Waals surface area (Å²) in [6, 6.07) is 8.90. The van der Waals surface area contributed by atoms with Gasteiger partial charge in [0.2, 0.25) is 10.0 Å². The summed E-state index contributed by atoms with van der Waals surface area (Å²) in [6.45, 7) is 5.99. The van der Waals surface area contributed by atoms with E-state index in [9.17, 15) is 13.2 Å². The van der Waals surface area contributed by atoms with Crippen molar-refractivity contribution >= 4 is 66.0 Å². The molecule has 32 heavy (non-hydrogen) atoms. The van der Waals surface area contributed by atoms with Gasteiger partial charge in [0.1, 0.15) is 0 Å². The molecule has 10 heteroatoms.